The minimum absolute atomic E-state index is 0.00279. The Morgan fingerprint density at radius 1 is 0.980 bits per heavy atom. The van der Waals surface area contributed by atoms with Crippen LogP contribution in [0.4, 0.5) is 5.69 Å². The number of fused-ring (bicyclic) bond motifs is 7. The highest BCUT2D eigenvalue weighted by atomic mass is 16.5. The molecule has 3 heterocycles. The molecule has 260 valence electrons. The molecular formula is C38H46N4O7. The molecule has 0 saturated carbocycles. The summed E-state index contributed by atoms with van der Waals surface area (Å²) < 4.78 is 19.1. The van der Waals surface area contributed by atoms with E-state index in [4.69, 9.17) is 14.2 Å². The van der Waals surface area contributed by atoms with Gasteiger partial charge in [-0.2, -0.15) is 0 Å². The monoisotopic (exact) mass is 670 g/mol. The topological polar surface area (TPSA) is 128 Å². The van der Waals surface area contributed by atoms with Crippen molar-refractivity contribution in [3.63, 3.8) is 0 Å². The van der Waals surface area contributed by atoms with Crippen LogP contribution < -0.4 is 35.8 Å². The number of benzene rings is 1. The molecule has 2 aromatic carbocycles. The van der Waals surface area contributed by atoms with Gasteiger partial charge in [0.1, 0.15) is 6.04 Å². The lowest BCUT2D eigenvalue weighted by molar-refractivity contribution is -0.135. The second-order valence-corrected chi connectivity index (χ2v) is 13.5. The van der Waals surface area contributed by atoms with Crippen molar-refractivity contribution >= 4 is 17.5 Å². The summed E-state index contributed by atoms with van der Waals surface area (Å²) in [6.07, 6.45) is 2.81. The summed E-state index contributed by atoms with van der Waals surface area (Å²) in [5, 5.41) is 6.42. The minimum atomic E-state index is -0.644. The maximum absolute atomic E-state index is 14.4. The molecule has 1 aliphatic carbocycles. The number of nitrogens with zero attached hydrogens (tertiary/aromatic N) is 2. The van der Waals surface area contributed by atoms with E-state index < -0.39 is 12.1 Å². The van der Waals surface area contributed by atoms with Crippen LogP contribution in [0, 0.1) is 11.8 Å². The van der Waals surface area contributed by atoms with Crippen LogP contribution in [0.1, 0.15) is 68.8 Å². The lowest BCUT2D eigenvalue weighted by Crippen LogP contribution is -2.54. The number of aryl methyl sites for hydroxylation is 1. The zero-order valence-electron chi connectivity index (χ0n) is 29.1. The fourth-order valence-electron chi connectivity index (χ4n) is 7.95. The predicted molar refractivity (Wildman–Crippen MR) is 188 cm³/mol. The molecular weight excluding hydrogens is 624 g/mol. The van der Waals surface area contributed by atoms with Crippen molar-refractivity contribution in [3.05, 3.63) is 79.9 Å². The Labute approximate surface area is 286 Å². The highest BCUT2D eigenvalue weighted by Crippen LogP contribution is 2.50. The molecule has 3 aromatic rings. The molecule has 0 unspecified atom stereocenters. The van der Waals surface area contributed by atoms with Gasteiger partial charge in [0.2, 0.25) is 23.0 Å². The van der Waals surface area contributed by atoms with Crippen molar-refractivity contribution in [1.82, 2.24) is 14.8 Å². The fourth-order valence-corrected chi connectivity index (χ4v) is 7.95. The van der Waals surface area contributed by atoms with E-state index in [2.05, 4.69) is 10.6 Å². The Morgan fingerprint density at radius 2 is 1.76 bits per heavy atom. The molecule has 1 fully saturated rings. The Kier molecular flexibility index (Phi) is 9.72. The summed E-state index contributed by atoms with van der Waals surface area (Å²) in [7, 11) is 4.69. The first-order valence-corrected chi connectivity index (χ1v) is 17.1. The van der Waals surface area contributed by atoms with Crippen molar-refractivity contribution in [2.45, 2.75) is 71.0 Å². The summed E-state index contributed by atoms with van der Waals surface area (Å²) in [6, 6.07) is 11.4. The van der Waals surface area contributed by atoms with Crippen molar-refractivity contribution in [2.24, 2.45) is 11.8 Å². The molecule has 49 heavy (non-hydrogen) atoms. The van der Waals surface area contributed by atoms with Gasteiger partial charge in [0.15, 0.2) is 11.5 Å². The van der Waals surface area contributed by atoms with Gasteiger partial charge in [-0.15, -0.1) is 0 Å². The molecule has 5 atom stereocenters. The number of nitrogens with one attached hydrogen (secondary N) is 2. The highest BCUT2D eigenvalue weighted by molar-refractivity contribution is 5.86. The van der Waals surface area contributed by atoms with Crippen molar-refractivity contribution < 1.29 is 23.8 Å². The normalized spacial score (nSPS) is 20.4. The van der Waals surface area contributed by atoms with Crippen molar-refractivity contribution in [2.75, 3.05) is 39.7 Å². The molecule has 2 amide bonds. The number of piperidine rings is 1. The first kappa shape index (κ1) is 34.1. The molecule has 1 aromatic heterocycles. The Balaban J connectivity index is 1.40. The minimum Gasteiger partial charge on any atom is -0.493 e. The molecule has 2 bridgehead atoms. The number of carbonyl (C=O) groups is 2. The van der Waals surface area contributed by atoms with Crippen LogP contribution in [-0.2, 0) is 22.6 Å². The van der Waals surface area contributed by atoms with E-state index in [0.29, 0.717) is 61.0 Å². The maximum atomic E-state index is 14.4. The third kappa shape index (κ3) is 6.38. The molecule has 2 N–H and O–H groups in total. The van der Waals surface area contributed by atoms with E-state index in [0.717, 1.165) is 35.2 Å². The van der Waals surface area contributed by atoms with Gasteiger partial charge in [-0.25, -0.2) is 0 Å². The number of methoxy groups -OCH3 is 3. The lowest BCUT2D eigenvalue weighted by Gasteiger charge is -2.44. The van der Waals surface area contributed by atoms with Crippen molar-refractivity contribution in [1.29, 1.82) is 0 Å². The van der Waals surface area contributed by atoms with E-state index >= 15 is 0 Å². The van der Waals surface area contributed by atoms with Crippen LogP contribution >= 0.6 is 0 Å². The Hall–Kier alpha value is -4.80. The molecule has 3 aliphatic rings. The Bertz CT molecular complexity index is 1890. The van der Waals surface area contributed by atoms with Gasteiger partial charge < -0.3 is 34.3 Å². The van der Waals surface area contributed by atoms with Crippen molar-refractivity contribution in [3.8, 4) is 28.4 Å². The van der Waals surface area contributed by atoms with Gasteiger partial charge in [0.05, 0.1) is 33.1 Å². The van der Waals surface area contributed by atoms with Crippen LogP contribution in [0.15, 0.2) is 52.1 Å². The van der Waals surface area contributed by atoms with Gasteiger partial charge in [0.25, 0.3) is 5.56 Å². The molecule has 0 spiro atoms. The van der Waals surface area contributed by atoms with Crippen LogP contribution in [0.5, 0.6) is 17.2 Å². The van der Waals surface area contributed by atoms with E-state index in [1.54, 1.807) is 45.6 Å². The number of rotatable bonds is 9. The summed E-state index contributed by atoms with van der Waals surface area (Å²) in [4.78, 5) is 55.3. The zero-order chi connectivity index (χ0) is 35.0. The van der Waals surface area contributed by atoms with Gasteiger partial charge in [-0.3, -0.25) is 19.2 Å². The number of hydrogen-bond donors (Lipinski definition) is 2. The molecule has 6 rings (SSSR count). The second kappa shape index (κ2) is 14.0. The molecule has 2 aliphatic heterocycles. The zero-order valence-corrected chi connectivity index (χ0v) is 29.1. The predicted octanol–water partition coefficient (Wildman–Crippen LogP) is 4.50. The van der Waals surface area contributed by atoms with Gasteiger partial charge in [0, 0.05) is 49.8 Å². The molecule has 11 nitrogen and oxygen atoms in total. The van der Waals surface area contributed by atoms with Crippen LogP contribution in [-0.4, -0.2) is 61.7 Å². The summed E-state index contributed by atoms with van der Waals surface area (Å²) >= 11 is 0. The van der Waals surface area contributed by atoms with Gasteiger partial charge in [-0.05, 0) is 72.1 Å². The number of ether oxygens (including phenoxy) is 3. The van der Waals surface area contributed by atoms with E-state index in [1.165, 1.54) is 6.92 Å². The average molecular weight is 671 g/mol. The Morgan fingerprint density at radius 3 is 2.45 bits per heavy atom. The quantitative estimate of drug-likeness (QED) is 0.341. The summed E-state index contributed by atoms with van der Waals surface area (Å²) in [6.45, 7) is 7.20. The maximum Gasteiger partial charge on any atom is 0.250 e. The standard InChI is InChI=1S/C38H46N4O7/c1-7-21(2)35(38(46)41-18-23-15-25(20-41)30-9-8-10-33(45)42(30)19-23)40-29-14-12-26-27(17-31(29)44)28(39-22(3)43)13-11-24-16-32(47-4)36(48-5)37(49-6)34(24)26/h8-10,12,14,16-17,21,23,25,28,35H,7,11,13,15,18-20H2,1-6H3,(H,39,43)(H,40,44)/t21-,23-,25+,28+,35-/m1/s1. The van der Waals surface area contributed by atoms with E-state index in [9.17, 15) is 19.2 Å². The van der Waals surface area contributed by atoms with E-state index in [-0.39, 0.29) is 40.6 Å². The number of pyridine rings is 1. The third-order valence-electron chi connectivity index (χ3n) is 10.5. The largest absolute Gasteiger partial charge is 0.493 e. The van der Waals surface area contributed by atoms with Crippen LogP contribution in [0.25, 0.3) is 11.1 Å². The summed E-state index contributed by atoms with van der Waals surface area (Å²) in [5.41, 5.74) is 4.06. The second-order valence-electron chi connectivity index (χ2n) is 13.5. The number of carbonyl (C=O) groups excluding carboxylic acids is 2. The first-order valence-electron chi connectivity index (χ1n) is 17.1. The van der Waals surface area contributed by atoms with Crippen LogP contribution in [0.3, 0.4) is 0 Å². The first-order chi connectivity index (χ1) is 23.6. The molecule has 11 heteroatoms. The third-order valence-corrected chi connectivity index (χ3v) is 10.5. The average Bonchev–Trinajstić information content (AvgIpc) is 3.33. The van der Waals surface area contributed by atoms with E-state index in [1.807, 2.05) is 41.5 Å². The number of anilines is 1. The fraction of sp³-hybridized carbons (Fsp3) is 0.474. The number of aromatic nitrogens is 1. The SMILES string of the molecule is CC[C@@H](C)[C@@H](Nc1ccc2c(cc1=O)[C@@H](NC(C)=O)CCc1cc(OC)c(OC)c(OC)c1-2)C(=O)N1C[C@H]2C[C@@H](C1)c1cccc(=O)n1C2. The van der Waals surface area contributed by atoms with Gasteiger partial charge >= 0.3 is 0 Å². The number of likely N-dealkylation sites (tertiary alicyclic amines) is 1. The van der Waals surface area contributed by atoms with Gasteiger partial charge in [-0.1, -0.05) is 32.4 Å². The molecule has 1 saturated heterocycles. The highest BCUT2D eigenvalue weighted by Gasteiger charge is 2.39. The van der Waals surface area contributed by atoms with Crippen LogP contribution in [0.2, 0.25) is 0 Å². The lowest BCUT2D eigenvalue weighted by atomic mass is 9.82. The number of amides is 2. The smallest absolute Gasteiger partial charge is 0.250 e. The molecule has 0 radical (unpaired) electrons. The summed E-state index contributed by atoms with van der Waals surface area (Å²) in [5.74, 6) is 1.37. The number of hydrogen-bond acceptors (Lipinski definition) is 8.